The van der Waals surface area contributed by atoms with Crippen molar-refractivity contribution in [3.63, 3.8) is 0 Å². The van der Waals surface area contributed by atoms with Gasteiger partial charge in [0.2, 0.25) is 12.4 Å². The van der Waals surface area contributed by atoms with Gasteiger partial charge in [0, 0.05) is 0 Å². The smallest absolute Gasteiger partial charge is 0.340 e. The third-order valence-electron chi connectivity index (χ3n) is 6.72. The lowest BCUT2D eigenvalue weighted by molar-refractivity contribution is -0.274. The standard InChI is InChI=1S/C34H28O9/c1-22-27(40-30(35)23-14-6-2-7-15-23)28(41-31(36)24-16-8-3-9-17-24)29(42-32(37)25-18-10-4-11-19-25)34(39-22)43-33(38)26-20-12-5-13-21-26/h2-22,27-29,34H,1H3/t22?,27-,28-,29?,34?/m0/s1. The molecule has 0 aromatic heterocycles. The van der Waals surface area contributed by atoms with Gasteiger partial charge >= 0.3 is 23.9 Å². The first-order valence-electron chi connectivity index (χ1n) is 13.6. The van der Waals surface area contributed by atoms with Crippen LogP contribution in [-0.4, -0.2) is 54.6 Å². The van der Waals surface area contributed by atoms with Crippen molar-refractivity contribution in [2.24, 2.45) is 0 Å². The molecule has 4 aromatic rings. The van der Waals surface area contributed by atoms with Gasteiger partial charge in [-0.1, -0.05) is 72.8 Å². The Morgan fingerprint density at radius 3 is 1.12 bits per heavy atom. The maximum Gasteiger partial charge on any atom is 0.340 e. The molecule has 1 aliphatic heterocycles. The van der Waals surface area contributed by atoms with E-state index in [9.17, 15) is 19.2 Å². The Morgan fingerprint density at radius 2 is 0.744 bits per heavy atom. The van der Waals surface area contributed by atoms with Crippen LogP contribution >= 0.6 is 0 Å². The van der Waals surface area contributed by atoms with Gasteiger partial charge in [-0.3, -0.25) is 0 Å². The van der Waals surface area contributed by atoms with Crippen molar-refractivity contribution in [3.8, 4) is 0 Å². The van der Waals surface area contributed by atoms with Gasteiger partial charge in [-0.2, -0.15) is 0 Å². The molecule has 218 valence electrons. The third-order valence-corrected chi connectivity index (χ3v) is 6.72. The van der Waals surface area contributed by atoms with Gasteiger partial charge in [0.15, 0.2) is 12.2 Å². The summed E-state index contributed by atoms with van der Waals surface area (Å²) in [6, 6.07) is 32.7. The van der Waals surface area contributed by atoms with Crippen molar-refractivity contribution in [1.82, 2.24) is 0 Å². The number of hydrogen-bond acceptors (Lipinski definition) is 9. The highest BCUT2D eigenvalue weighted by Crippen LogP contribution is 2.31. The Hall–Kier alpha value is -5.28. The van der Waals surface area contributed by atoms with Crippen LogP contribution in [-0.2, 0) is 23.7 Å². The molecular weight excluding hydrogens is 552 g/mol. The maximum atomic E-state index is 13.3. The van der Waals surface area contributed by atoms with E-state index in [1.165, 1.54) is 12.1 Å². The van der Waals surface area contributed by atoms with E-state index in [4.69, 9.17) is 23.7 Å². The van der Waals surface area contributed by atoms with Crippen LogP contribution in [0.25, 0.3) is 0 Å². The van der Waals surface area contributed by atoms with E-state index < -0.39 is 54.6 Å². The molecule has 0 bridgehead atoms. The summed E-state index contributed by atoms with van der Waals surface area (Å²) in [5, 5.41) is 0. The van der Waals surface area contributed by atoms with E-state index in [-0.39, 0.29) is 22.3 Å². The first-order valence-corrected chi connectivity index (χ1v) is 13.6. The number of carbonyl (C=O) groups is 4. The number of rotatable bonds is 8. The van der Waals surface area contributed by atoms with Gasteiger partial charge in [-0.25, -0.2) is 19.2 Å². The lowest BCUT2D eigenvalue weighted by Gasteiger charge is -2.43. The van der Waals surface area contributed by atoms with Crippen LogP contribution < -0.4 is 0 Å². The zero-order valence-electron chi connectivity index (χ0n) is 23.1. The summed E-state index contributed by atoms with van der Waals surface area (Å²) < 4.78 is 29.2. The largest absolute Gasteiger partial charge is 0.452 e. The summed E-state index contributed by atoms with van der Waals surface area (Å²) in [6.45, 7) is 1.57. The second-order valence-corrected chi connectivity index (χ2v) is 9.69. The topological polar surface area (TPSA) is 114 Å². The Bertz CT molecular complexity index is 1540. The molecule has 43 heavy (non-hydrogen) atoms. The van der Waals surface area contributed by atoms with E-state index >= 15 is 0 Å². The lowest BCUT2D eigenvalue weighted by atomic mass is 9.98. The average molecular weight is 581 g/mol. The van der Waals surface area contributed by atoms with Gasteiger partial charge in [0.25, 0.3) is 0 Å². The summed E-state index contributed by atoms with van der Waals surface area (Å²) in [6.07, 6.45) is -6.67. The summed E-state index contributed by atoms with van der Waals surface area (Å²) >= 11 is 0. The van der Waals surface area contributed by atoms with E-state index in [2.05, 4.69) is 0 Å². The molecule has 9 nitrogen and oxygen atoms in total. The molecule has 5 rings (SSSR count). The van der Waals surface area contributed by atoms with Gasteiger partial charge < -0.3 is 23.7 Å². The van der Waals surface area contributed by atoms with Crippen molar-refractivity contribution in [2.75, 3.05) is 0 Å². The first kappa shape index (κ1) is 29.2. The Labute approximate surface area is 247 Å². The highest BCUT2D eigenvalue weighted by atomic mass is 16.7. The van der Waals surface area contributed by atoms with Crippen molar-refractivity contribution in [2.45, 2.75) is 37.6 Å². The summed E-state index contributed by atoms with van der Waals surface area (Å²) in [5.74, 6) is -3.03. The van der Waals surface area contributed by atoms with Gasteiger partial charge in [-0.05, 0) is 55.5 Å². The number of benzene rings is 4. The number of ether oxygens (including phenoxy) is 5. The Morgan fingerprint density at radius 1 is 0.442 bits per heavy atom. The molecule has 0 aliphatic carbocycles. The second-order valence-electron chi connectivity index (χ2n) is 9.69. The molecule has 9 heteroatoms. The van der Waals surface area contributed by atoms with Gasteiger partial charge in [0.1, 0.15) is 0 Å². The van der Waals surface area contributed by atoms with E-state index in [1.54, 1.807) is 116 Å². The third kappa shape index (κ3) is 7.14. The SMILES string of the molecule is CC1OC(OC(=O)c2ccccc2)C(OC(=O)c2ccccc2)[C@@H](OC(=O)c2ccccc2)[C@H]1OC(=O)c1ccccc1. The minimum Gasteiger partial charge on any atom is -0.452 e. The predicted molar refractivity (Wildman–Crippen MR) is 153 cm³/mol. The number of hydrogen-bond donors (Lipinski definition) is 0. The molecule has 3 unspecified atom stereocenters. The van der Waals surface area contributed by atoms with Crippen molar-refractivity contribution in [3.05, 3.63) is 144 Å². The van der Waals surface area contributed by atoms with Crippen LogP contribution in [0.1, 0.15) is 48.4 Å². The number of esters is 4. The molecule has 1 fully saturated rings. The van der Waals surface area contributed by atoms with Crippen molar-refractivity contribution < 1.29 is 42.9 Å². The fraction of sp³-hybridized carbons (Fsp3) is 0.176. The van der Waals surface area contributed by atoms with Crippen LogP contribution in [0.4, 0.5) is 0 Å². The van der Waals surface area contributed by atoms with Crippen LogP contribution in [0.5, 0.6) is 0 Å². The van der Waals surface area contributed by atoms with Crippen LogP contribution in [0, 0.1) is 0 Å². The first-order chi connectivity index (χ1) is 20.9. The van der Waals surface area contributed by atoms with Crippen LogP contribution in [0.2, 0.25) is 0 Å². The van der Waals surface area contributed by atoms with Crippen molar-refractivity contribution >= 4 is 23.9 Å². The highest BCUT2D eigenvalue weighted by Gasteiger charge is 2.53. The monoisotopic (exact) mass is 580 g/mol. The summed E-state index contributed by atoms with van der Waals surface area (Å²) in [5.41, 5.74) is 0.876. The minimum absolute atomic E-state index is 0.195. The molecule has 0 spiro atoms. The maximum absolute atomic E-state index is 13.3. The molecule has 0 radical (unpaired) electrons. The minimum atomic E-state index is -1.52. The van der Waals surface area contributed by atoms with Crippen LogP contribution in [0.3, 0.4) is 0 Å². The van der Waals surface area contributed by atoms with Gasteiger partial charge in [0.05, 0.1) is 28.4 Å². The van der Waals surface area contributed by atoms with Gasteiger partial charge in [-0.15, -0.1) is 0 Å². The average Bonchev–Trinajstić information content (AvgIpc) is 3.05. The lowest BCUT2D eigenvalue weighted by Crippen LogP contribution is -2.61. The molecule has 4 aromatic carbocycles. The summed E-state index contributed by atoms with van der Waals surface area (Å²) in [7, 11) is 0. The zero-order chi connectivity index (χ0) is 30.2. The predicted octanol–water partition coefficient (Wildman–Crippen LogP) is 5.27. The van der Waals surface area contributed by atoms with E-state index in [0.29, 0.717) is 0 Å². The van der Waals surface area contributed by atoms with E-state index in [0.717, 1.165) is 0 Å². The Balaban J connectivity index is 1.51. The molecular formula is C34H28O9. The fourth-order valence-corrected chi connectivity index (χ4v) is 4.54. The molecule has 1 heterocycles. The quantitative estimate of drug-likeness (QED) is 0.203. The fourth-order valence-electron chi connectivity index (χ4n) is 4.54. The molecule has 1 aliphatic rings. The zero-order valence-corrected chi connectivity index (χ0v) is 23.1. The highest BCUT2D eigenvalue weighted by molar-refractivity contribution is 5.92. The van der Waals surface area contributed by atoms with E-state index in [1.807, 2.05) is 0 Å². The molecule has 0 amide bonds. The Kier molecular flexibility index (Phi) is 9.23. The second kappa shape index (κ2) is 13.6. The van der Waals surface area contributed by atoms with Crippen LogP contribution in [0.15, 0.2) is 121 Å². The normalized spacial score (nSPS) is 21.2. The number of carbonyl (C=O) groups excluding carboxylic acids is 4. The molecule has 1 saturated heterocycles. The molecule has 0 N–H and O–H groups in total. The summed E-state index contributed by atoms with van der Waals surface area (Å²) in [4.78, 5) is 52.8. The van der Waals surface area contributed by atoms with Crippen molar-refractivity contribution in [1.29, 1.82) is 0 Å². The molecule has 0 saturated carbocycles. The molecule has 5 atom stereocenters.